The minimum absolute atomic E-state index is 0.189. The molecule has 0 fully saturated rings. The minimum atomic E-state index is -0.189. The van der Waals surface area contributed by atoms with E-state index in [1.165, 1.54) is 18.3 Å². The van der Waals surface area contributed by atoms with E-state index < -0.39 is 0 Å². The Bertz CT molecular complexity index is 668. The topological polar surface area (TPSA) is 69.5 Å². The predicted molar refractivity (Wildman–Crippen MR) is 72.3 cm³/mol. The fourth-order valence-electron chi connectivity index (χ4n) is 1.65. The van der Waals surface area contributed by atoms with Gasteiger partial charge in [0.2, 0.25) is 5.78 Å². The lowest BCUT2D eigenvalue weighted by atomic mass is 10.1. The molecule has 5 heteroatoms. The van der Waals surface area contributed by atoms with Gasteiger partial charge in [-0.15, -0.1) is 0 Å². The van der Waals surface area contributed by atoms with Crippen molar-refractivity contribution in [3.8, 4) is 6.07 Å². The normalized spacial score (nSPS) is 10.5. The van der Waals surface area contributed by atoms with E-state index in [1.54, 1.807) is 6.07 Å². The van der Waals surface area contributed by atoms with E-state index in [0.29, 0.717) is 16.8 Å². The molecule has 0 unspecified atom stereocenters. The van der Waals surface area contributed by atoms with Crippen LogP contribution in [-0.2, 0) is 0 Å². The summed E-state index contributed by atoms with van der Waals surface area (Å²) in [5.41, 5.74) is 1.21. The van der Waals surface area contributed by atoms with Gasteiger partial charge in [0.1, 0.15) is 17.6 Å². The van der Waals surface area contributed by atoms with Crippen molar-refractivity contribution in [2.75, 3.05) is 0 Å². The van der Waals surface area contributed by atoms with E-state index in [4.69, 9.17) is 16.9 Å². The van der Waals surface area contributed by atoms with Gasteiger partial charge in [0.05, 0.1) is 16.8 Å². The largest absolute Gasteiger partial charge is 0.339 e. The Morgan fingerprint density at radius 1 is 1.47 bits per heavy atom. The first kappa shape index (κ1) is 13.3. The maximum absolute atomic E-state index is 12.2. The molecule has 0 aliphatic heterocycles. The number of ketones is 1. The van der Waals surface area contributed by atoms with Crippen LogP contribution in [0.25, 0.3) is 0 Å². The van der Waals surface area contributed by atoms with Gasteiger partial charge in [0.15, 0.2) is 0 Å². The van der Waals surface area contributed by atoms with Crippen molar-refractivity contribution in [2.24, 2.45) is 0 Å². The second-order valence-electron chi connectivity index (χ2n) is 4.47. The van der Waals surface area contributed by atoms with Crippen LogP contribution in [-0.4, -0.2) is 15.8 Å². The summed E-state index contributed by atoms with van der Waals surface area (Å²) in [4.78, 5) is 19.4. The number of halogens is 1. The monoisotopic (exact) mass is 273 g/mol. The first-order chi connectivity index (χ1) is 9.02. The van der Waals surface area contributed by atoms with Crippen molar-refractivity contribution in [1.82, 2.24) is 9.97 Å². The molecule has 96 valence electrons. The van der Waals surface area contributed by atoms with Crippen LogP contribution in [0, 0.1) is 11.3 Å². The highest BCUT2D eigenvalue weighted by Gasteiger charge is 2.14. The van der Waals surface area contributed by atoms with Crippen molar-refractivity contribution in [2.45, 2.75) is 19.8 Å². The molecule has 0 aliphatic rings. The quantitative estimate of drug-likeness (QED) is 0.873. The zero-order chi connectivity index (χ0) is 14.0. The summed E-state index contributed by atoms with van der Waals surface area (Å²) in [6, 6.07) is 6.58. The summed E-state index contributed by atoms with van der Waals surface area (Å²) >= 11 is 5.92. The molecule has 1 aromatic heterocycles. The number of benzene rings is 1. The summed E-state index contributed by atoms with van der Waals surface area (Å²) in [6.45, 7) is 3.98. The molecule has 0 saturated carbocycles. The number of carbonyl (C=O) groups excluding carboxylic acids is 1. The predicted octanol–water partition coefficient (Wildman–Crippen LogP) is 3.29. The van der Waals surface area contributed by atoms with Crippen molar-refractivity contribution < 1.29 is 4.79 Å². The number of rotatable bonds is 3. The molecule has 0 amide bonds. The number of aromatic amines is 1. The molecule has 0 atom stereocenters. The molecule has 0 saturated heterocycles. The van der Waals surface area contributed by atoms with E-state index in [9.17, 15) is 4.79 Å². The van der Waals surface area contributed by atoms with Crippen molar-refractivity contribution >= 4 is 17.4 Å². The number of nitriles is 1. The summed E-state index contributed by atoms with van der Waals surface area (Å²) < 4.78 is 0. The maximum atomic E-state index is 12.2. The average Bonchev–Trinajstić information content (AvgIpc) is 2.87. The first-order valence-electron chi connectivity index (χ1n) is 5.82. The molecule has 2 rings (SSSR count). The van der Waals surface area contributed by atoms with Gasteiger partial charge in [0.25, 0.3) is 0 Å². The molecule has 0 bridgehead atoms. The standard InChI is InChI=1S/C14H12ClN3O/c1-8(2)14-17-7-12(18-14)13(19)9-3-4-10(6-16)11(15)5-9/h3-5,7-8H,1-2H3,(H,17,18). The molecule has 0 spiro atoms. The molecular weight excluding hydrogens is 262 g/mol. The first-order valence-corrected chi connectivity index (χ1v) is 6.20. The SMILES string of the molecule is CC(C)c1ncc(C(=O)c2ccc(C#N)c(Cl)c2)[nH]1. The van der Waals surface area contributed by atoms with Crippen LogP contribution in [0.3, 0.4) is 0 Å². The molecule has 0 aliphatic carbocycles. The number of aromatic nitrogens is 2. The van der Waals surface area contributed by atoms with E-state index in [2.05, 4.69) is 9.97 Å². The van der Waals surface area contributed by atoms with Crippen LogP contribution in [0.4, 0.5) is 0 Å². The number of hydrogen-bond donors (Lipinski definition) is 1. The summed E-state index contributed by atoms with van der Waals surface area (Å²) in [5.74, 6) is 0.806. The zero-order valence-corrected chi connectivity index (χ0v) is 11.3. The third kappa shape index (κ3) is 2.67. The van der Waals surface area contributed by atoms with Crippen LogP contribution in [0.1, 0.15) is 47.2 Å². The van der Waals surface area contributed by atoms with Gasteiger partial charge >= 0.3 is 0 Å². The Labute approximate surface area is 116 Å². The van der Waals surface area contributed by atoms with Crippen LogP contribution >= 0.6 is 11.6 Å². The molecule has 0 radical (unpaired) electrons. The Morgan fingerprint density at radius 3 is 2.74 bits per heavy atom. The smallest absolute Gasteiger partial charge is 0.210 e. The van der Waals surface area contributed by atoms with Gasteiger partial charge < -0.3 is 4.98 Å². The highest BCUT2D eigenvalue weighted by Crippen LogP contribution is 2.19. The Kier molecular flexibility index (Phi) is 3.68. The van der Waals surface area contributed by atoms with Gasteiger partial charge in [-0.1, -0.05) is 25.4 Å². The van der Waals surface area contributed by atoms with Gasteiger partial charge in [-0.05, 0) is 18.2 Å². The highest BCUT2D eigenvalue weighted by atomic mass is 35.5. The molecule has 1 heterocycles. The second-order valence-corrected chi connectivity index (χ2v) is 4.88. The minimum Gasteiger partial charge on any atom is -0.339 e. The van der Waals surface area contributed by atoms with E-state index in [0.717, 1.165) is 5.82 Å². The summed E-state index contributed by atoms with van der Waals surface area (Å²) in [5, 5.41) is 9.07. The number of hydrogen-bond acceptors (Lipinski definition) is 3. The zero-order valence-electron chi connectivity index (χ0n) is 10.6. The molecule has 4 nitrogen and oxygen atoms in total. The van der Waals surface area contributed by atoms with Crippen LogP contribution in [0.2, 0.25) is 5.02 Å². The second kappa shape index (κ2) is 5.25. The van der Waals surface area contributed by atoms with Crippen LogP contribution in [0.5, 0.6) is 0 Å². The number of imidazole rings is 1. The maximum Gasteiger partial charge on any atom is 0.210 e. The lowest BCUT2D eigenvalue weighted by Gasteiger charge is -2.01. The van der Waals surface area contributed by atoms with Crippen LogP contribution < -0.4 is 0 Å². The number of nitrogens with zero attached hydrogens (tertiary/aromatic N) is 2. The summed E-state index contributed by atoms with van der Waals surface area (Å²) in [7, 11) is 0. The van der Waals surface area contributed by atoms with Crippen molar-refractivity contribution in [3.05, 3.63) is 52.1 Å². The van der Waals surface area contributed by atoms with Crippen molar-refractivity contribution in [1.29, 1.82) is 5.26 Å². The molecule has 1 aromatic carbocycles. The Morgan fingerprint density at radius 2 is 2.21 bits per heavy atom. The molecule has 19 heavy (non-hydrogen) atoms. The lowest BCUT2D eigenvalue weighted by Crippen LogP contribution is -2.02. The Hall–Kier alpha value is -2.12. The fraction of sp³-hybridized carbons (Fsp3) is 0.214. The number of nitrogens with one attached hydrogen (secondary N) is 1. The van der Waals surface area contributed by atoms with Gasteiger partial charge in [-0.2, -0.15) is 5.26 Å². The average molecular weight is 274 g/mol. The van der Waals surface area contributed by atoms with E-state index in [1.807, 2.05) is 19.9 Å². The third-order valence-corrected chi connectivity index (χ3v) is 3.05. The van der Waals surface area contributed by atoms with E-state index >= 15 is 0 Å². The van der Waals surface area contributed by atoms with Crippen LogP contribution in [0.15, 0.2) is 24.4 Å². The van der Waals surface area contributed by atoms with Gasteiger partial charge in [-0.25, -0.2) is 4.98 Å². The summed E-state index contributed by atoms with van der Waals surface area (Å²) in [6.07, 6.45) is 1.52. The molecular formula is C14H12ClN3O. The van der Waals surface area contributed by atoms with Crippen molar-refractivity contribution in [3.63, 3.8) is 0 Å². The lowest BCUT2D eigenvalue weighted by molar-refractivity contribution is 0.103. The number of carbonyl (C=O) groups is 1. The van der Waals surface area contributed by atoms with Gasteiger partial charge in [-0.3, -0.25) is 4.79 Å². The van der Waals surface area contributed by atoms with Gasteiger partial charge in [0, 0.05) is 11.5 Å². The highest BCUT2D eigenvalue weighted by molar-refractivity contribution is 6.32. The molecule has 2 aromatic rings. The van der Waals surface area contributed by atoms with E-state index in [-0.39, 0.29) is 16.7 Å². The third-order valence-electron chi connectivity index (χ3n) is 2.74. The molecule has 1 N–H and O–H groups in total. The fourth-order valence-corrected chi connectivity index (χ4v) is 1.87. The number of H-pyrrole nitrogens is 1. The Balaban J connectivity index is 2.33.